The number of benzene rings is 1. The van der Waals surface area contributed by atoms with Gasteiger partial charge in [0.25, 0.3) is 0 Å². The SMILES string of the molecule is CC1(C)CCCC(Nc2nccc3ccc(O)cc23)C1. The molecule has 1 saturated carbocycles. The third-order valence-electron chi connectivity index (χ3n) is 4.30. The molecular formula is C17H22N2O. The second-order valence-electron chi connectivity index (χ2n) is 6.67. The van der Waals surface area contributed by atoms with Gasteiger partial charge in [-0.2, -0.15) is 0 Å². The number of hydrogen-bond donors (Lipinski definition) is 2. The van der Waals surface area contributed by atoms with Crippen LogP contribution in [0.4, 0.5) is 5.82 Å². The summed E-state index contributed by atoms with van der Waals surface area (Å²) >= 11 is 0. The highest BCUT2D eigenvalue weighted by atomic mass is 16.3. The molecule has 0 spiro atoms. The molecule has 0 aliphatic heterocycles. The predicted octanol–water partition coefficient (Wildman–Crippen LogP) is 4.32. The van der Waals surface area contributed by atoms with Crippen molar-refractivity contribution < 1.29 is 5.11 Å². The minimum absolute atomic E-state index is 0.289. The van der Waals surface area contributed by atoms with Gasteiger partial charge in [-0.15, -0.1) is 0 Å². The number of anilines is 1. The van der Waals surface area contributed by atoms with Gasteiger partial charge in [0.1, 0.15) is 11.6 Å². The zero-order valence-electron chi connectivity index (χ0n) is 12.2. The van der Waals surface area contributed by atoms with Crippen LogP contribution in [0, 0.1) is 5.41 Å². The van der Waals surface area contributed by atoms with Gasteiger partial charge in [0, 0.05) is 17.6 Å². The summed E-state index contributed by atoms with van der Waals surface area (Å²) in [5, 5.41) is 15.4. The van der Waals surface area contributed by atoms with E-state index in [9.17, 15) is 5.11 Å². The van der Waals surface area contributed by atoms with Gasteiger partial charge in [0.05, 0.1) is 0 Å². The third kappa shape index (κ3) is 2.72. The molecule has 0 amide bonds. The molecule has 1 unspecified atom stereocenters. The molecule has 0 bridgehead atoms. The van der Waals surface area contributed by atoms with Crippen LogP contribution >= 0.6 is 0 Å². The van der Waals surface area contributed by atoms with Gasteiger partial charge in [0.2, 0.25) is 0 Å². The first-order chi connectivity index (χ1) is 9.53. The number of nitrogens with one attached hydrogen (secondary N) is 1. The molecule has 3 heteroatoms. The minimum Gasteiger partial charge on any atom is -0.508 e. The highest BCUT2D eigenvalue weighted by Crippen LogP contribution is 2.37. The summed E-state index contributed by atoms with van der Waals surface area (Å²) in [5.74, 6) is 1.18. The molecule has 1 atom stereocenters. The Kier molecular flexibility index (Phi) is 3.28. The van der Waals surface area contributed by atoms with Crippen molar-refractivity contribution in [1.29, 1.82) is 0 Å². The van der Waals surface area contributed by atoms with Gasteiger partial charge >= 0.3 is 0 Å². The number of phenolic OH excluding ortho intramolecular Hbond substituents is 1. The Balaban J connectivity index is 1.89. The second kappa shape index (κ2) is 4.97. The molecule has 1 heterocycles. The highest BCUT2D eigenvalue weighted by molar-refractivity contribution is 5.92. The Bertz CT molecular complexity index is 621. The molecule has 2 N–H and O–H groups in total. The molecule has 3 nitrogen and oxygen atoms in total. The summed E-state index contributed by atoms with van der Waals surface area (Å²) in [4.78, 5) is 4.47. The van der Waals surface area contributed by atoms with Crippen LogP contribution in [0.5, 0.6) is 5.75 Å². The fourth-order valence-corrected chi connectivity index (χ4v) is 3.29. The quantitative estimate of drug-likeness (QED) is 0.854. The smallest absolute Gasteiger partial charge is 0.134 e. The number of rotatable bonds is 2. The Morgan fingerprint density at radius 3 is 2.95 bits per heavy atom. The van der Waals surface area contributed by atoms with E-state index >= 15 is 0 Å². The van der Waals surface area contributed by atoms with E-state index in [0.29, 0.717) is 11.5 Å². The van der Waals surface area contributed by atoms with Gasteiger partial charge < -0.3 is 10.4 Å². The average molecular weight is 270 g/mol. The van der Waals surface area contributed by atoms with Crippen LogP contribution in [-0.2, 0) is 0 Å². The lowest BCUT2D eigenvalue weighted by atomic mass is 9.75. The van der Waals surface area contributed by atoms with E-state index in [4.69, 9.17) is 0 Å². The topological polar surface area (TPSA) is 45.2 Å². The third-order valence-corrected chi connectivity index (χ3v) is 4.30. The molecule has 1 aliphatic rings. The fourth-order valence-electron chi connectivity index (χ4n) is 3.29. The lowest BCUT2D eigenvalue weighted by Crippen LogP contribution is -2.32. The van der Waals surface area contributed by atoms with Crippen LogP contribution in [-0.4, -0.2) is 16.1 Å². The Morgan fingerprint density at radius 2 is 2.15 bits per heavy atom. The van der Waals surface area contributed by atoms with E-state index in [1.807, 2.05) is 18.3 Å². The van der Waals surface area contributed by atoms with Gasteiger partial charge in [0.15, 0.2) is 0 Å². The van der Waals surface area contributed by atoms with Crippen LogP contribution in [0.1, 0.15) is 39.5 Å². The van der Waals surface area contributed by atoms with Crippen molar-refractivity contribution in [3.8, 4) is 5.75 Å². The van der Waals surface area contributed by atoms with E-state index in [-0.39, 0.29) is 5.75 Å². The minimum atomic E-state index is 0.289. The lowest BCUT2D eigenvalue weighted by molar-refractivity contribution is 0.229. The Labute approximate surface area is 120 Å². The number of phenols is 1. The summed E-state index contributed by atoms with van der Waals surface area (Å²) in [5.41, 5.74) is 0.405. The molecule has 1 aromatic carbocycles. The van der Waals surface area contributed by atoms with E-state index in [0.717, 1.165) is 16.6 Å². The first-order valence-corrected chi connectivity index (χ1v) is 7.38. The molecule has 1 fully saturated rings. The predicted molar refractivity (Wildman–Crippen MR) is 83.1 cm³/mol. The Morgan fingerprint density at radius 1 is 1.30 bits per heavy atom. The van der Waals surface area contributed by atoms with Crippen molar-refractivity contribution in [1.82, 2.24) is 4.98 Å². The summed E-state index contributed by atoms with van der Waals surface area (Å²) in [6, 6.07) is 7.89. The van der Waals surface area contributed by atoms with Crippen molar-refractivity contribution in [2.75, 3.05) is 5.32 Å². The molecule has 2 aromatic rings. The zero-order chi connectivity index (χ0) is 14.2. The molecule has 0 radical (unpaired) electrons. The number of pyridine rings is 1. The van der Waals surface area contributed by atoms with E-state index in [1.54, 1.807) is 12.1 Å². The van der Waals surface area contributed by atoms with Crippen LogP contribution in [0.3, 0.4) is 0 Å². The summed E-state index contributed by atoms with van der Waals surface area (Å²) in [6.07, 6.45) is 6.76. The molecule has 20 heavy (non-hydrogen) atoms. The summed E-state index contributed by atoms with van der Waals surface area (Å²) < 4.78 is 0. The van der Waals surface area contributed by atoms with Gasteiger partial charge in [-0.1, -0.05) is 26.3 Å². The Hall–Kier alpha value is -1.77. The molecular weight excluding hydrogens is 248 g/mol. The molecule has 3 rings (SSSR count). The highest BCUT2D eigenvalue weighted by Gasteiger charge is 2.28. The number of fused-ring (bicyclic) bond motifs is 1. The van der Waals surface area contributed by atoms with Crippen LogP contribution in [0.15, 0.2) is 30.5 Å². The molecule has 1 aliphatic carbocycles. The molecule has 1 aromatic heterocycles. The summed E-state index contributed by atoms with van der Waals surface area (Å²) in [7, 11) is 0. The number of hydrogen-bond acceptors (Lipinski definition) is 3. The first kappa shape index (κ1) is 13.2. The number of aromatic hydroxyl groups is 1. The van der Waals surface area contributed by atoms with E-state index < -0.39 is 0 Å². The van der Waals surface area contributed by atoms with Crippen LogP contribution < -0.4 is 5.32 Å². The van der Waals surface area contributed by atoms with Gasteiger partial charge in [-0.25, -0.2) is 4.98 Å². The maximum atomic E-state index is 9.69. The van der Waals surface area contributed by atoms with Crippen LogP contribution in [0.2, 0.25) is 0 Å². The standard InChI is InChI=1S/C17H22N2O/c1-17(2)8-3-4-13(11-17)19-16-15-10-14(20)6-5-12(15)7-9-18-16/h5-7,9-10,13,20H,3-4,8,11H2,1-2H3,(H,18,19). The molecule has 106 valence electrons. The number of nitrogens with zero attached hydrogens (tertiary/aromatic N) is 1. The van der Waals surface area contributed by atoms with Crippen molar-refractivity contribution in [3.05, 3.63) is 30.5 Å². The van der Waals surface area contributed by atoms with Gasteiger partial charge in [-0.05, 0) is 48.3 Å². The largest absolute Gasteiger partial charge is 0.508 e. The van der Waals surface area contributed by atoms with Gasteiger partial charge in [-0.3, -0.25) is 0 Å². The molecule has 0 saturated heterocycles. The van der Waals surface area contributed by atoms with E-state index in [1.165, 1.54) is 25.7 Å². The van der Waals surface area contributed by atoms with Crippen molar-refractivity contribution in [2.45, 2.75) is 45.6 Å². The first-order valence-electron chi connectivity index (χ1n) is 7.38. The normalized spacial score (nSPS) is 21.8. The lowest BCUT2D eigenvalue weighted by Gasteiger charge is -2.35. The monoisotopic (exact) mass is 270 g/mol. The van der Waals surface area contributed by atoms with Crippen molar-refractivity contribution in [2.24, 2.45) is 5.41 Å². The second-order valence-corrected chi connectivity index (χ2v) is 6.67. The summed E-state index contributed by atoms with van der Waals surface area (Å²) in [6.45, 7) is 4.67. The van der Waals surface area contributed by atoms with E-state index in [2.05, 4.69) is 24.1 Å². The average Bonchev–Trinajstić information content (AvgIpc) is 2.38. The van der Waals surface area contributed by atoms with Crippen LogP contribution in [0.25, 0.3) is 10.8 Å². The van der Waals surface area contributed by atoms with Crippen molar-refractivity contribution in [3.63, 3.8) is 0 Å². The maximum Gasteiger partial charge on any atom is 0.134 e. The van der Waals surface area contributed by atoms with Crippen molar-refractivity contribution >= 4 is 16.6 Å². The maximum absolute atomic E-state index is 9.69. The fraction of sp³-hybridized carbons (Fsp3) is 0.471. The zero-order valence-corrected chi connectivity index (χ0v) is 12.2. The number of aromatic nitrogens is 1.